The van der Waals surface area contributed by atoms with Gasteiger partial charge < -0.3 is 10.6 Å². The topological polar surface area (TPSA) is 84.7 Å². The minimum absolute atomic E-state index is 0.347. The number of carbonyl (C=O) groups is 1. The second kappa shape index (κ2) is 9.00. The van der Waals surface area contributed by atoms with Crippen LogP contribution in [0.1, 0.15) is 11.4 Å². The fourth-order valence-corrected chi connectivity index (χ4v) is 2.91. The minimum atomic E-state index is -0.377. The van der Waals surface area contributed by atoms with E-state index in [1.165, 1.54) is 24.5 Å². The molecule has 2 N–H and O–H groups in total. The Morgan fingerprint density at radius 1 is 1.03 bits per heavy atom. The van der Waals surface area contributed by atoms with Gasteiger partial charge in [0.25, 0.3) is 0 Å². The van der Waals surface area contributed by atoms with Crippen molar-refractivity contribution in [3.8, 4) is 5.82 Å². The fraction of sp³-hybridized carbons (Fsp3) is 0.0435. The van der Waals surface area contributed by atoms with Crippen LogP contribution in [-0.4, -0.2) is 25.4 Å². The molecule has 8 heteroatoms. The number of imidazole rings is 1. The maximum absolute atomic E-state index is 13.6. The van der Waals surface area contributed by atoms with E-state index in [0.717, 1.165) is 11.5 Å². The summed E-state index contributed by atoms with van der Waals surface area (Å²) in [6.07, 6.45) is 7.76. The number of hydrogen-bond donors (Lipinski definition) is 2. The minimum Gasteiger partial charge on any atom is -0.340 e. The maximum Gasteiger partial charge on any atom is 0.248 e. The lowest BCUT2D eigenvalue weighted by Crippen LogP contribution is -2.07. The highest BCUT2D eigenvalue weighted by molar-refractivity contribution is 6.02. The molecule has 0 aliphatic rings. The van der Waals surface area contributed by atoms with E-state index in [2.05, 4.69) is 25.6 Å². The van der Waals surface area contributed by atoms with Crippen molar-refractivity contribution in [1.29, 1.82) is 0 Å². The van der Waals surface area contributed by atoms with Gasteiger partial charge in [-0.15, -0.1) is 0 Å². The quantitative estimate of drug-likeness (QED) is 0.454. The third-order valence-corrected chi connectivity index (χ3v) is 4.47. The van der Waals surface area contributed by atoms with Crippen LogP contribution in [-0.2, 0) is 4.79 Å². The van der Waals surface area contributed by atoms with Crippen molar-refractivity contribution in [1.82, 2.24) is 19.5 Å². The zero-order valence-electron chi connectivity index (χ0n) is 16.7. The monoisotopic (exact) mass is 414 g/mol. The van der Waals surface area contributed by atoms with E-state index < -0.39 is 0 Å². The summed E-state index contributed by atoms with van der Waals surface area (Å²) >= 11 is 0. The van der Waals surface area contributed by atoms with Gasteiger partial charge in [0.15, 0.2) is 0 Å². The Bertz CT molecular complexity index is 1230. The molecular weight excluding hydrogens is 395 g/mol. The molecule has 0 aliphatic heterocycles. The highest BCUT2D eigenvalue weighted by atomic mass is 19.1. The van der Waals surface area contributed by atoms with Crippen LogP contribution in [0.5, 0.6) is 0 Å². The highest BCUT2D eigenvalue weighted by Gasteiger charge is 2.05. The summed E-state index contributed by atoms with van der Waals surface area (Å²) in [4.78, 5) is 24.8. The van der Waals surface area contributed by atoms with Crippen molar-refractivity contribution in [2.75, 3.05) is 10.6 Å². The molecule has 2 heterocycles. The SMILES string of the molecule is Cc1nccn1-c1cc(Nc2ccc(NC(=O)/C=C/c3ccccc3F)cc2)ncn1. The summed E-state index contributed by atoms with van der Waals surface area (Å²) in [7, 11) is 0. The van der Waals surface area contributed by atoms with Crippen LogP contribution in [0, 0.1) is 12.7 Å². The molecule has 4 rings (SSSR count). The van der Waals surface area contributed by atoms with E-state index in [-0.39, 0.29) is 11.7 Å². The predicted molar refractivity (Wildman–Crippen MR) is 118 cm³/mol. The standard InChI is InChI=1S/C23H19FN6O/c1-16-25-12-13-30(16)22-14-21(26-15-27-22)28-18-7-9-19(10-8-18)29-23(31)11-6-17-4-2-3-5-20(17)24/h2-15H,1H3,(H,29,31)(H,26,27,28)/b11-6+. The van der Waals surface area contributed by atoms with Gasteiger partial charge in [0.05, 0.1) is 0 Å². The number of benzene rings is 2. The molecule has 0 saturated carbocycles. The van der Waals surface area contributed by atoms with Gasteiger partial charge in [-0.25, -0.2) is 19.3 Å². The van der Waals surface area contributed by atoms with E-state index >= 15 is 0 Å². The molecule has 0 bridgehead atoms. The number of nitrogens with one attached hydrogen (secondary N) is 2. The Morgan fingerprint density at radius 2 is 1.81 bits per heavy atom. The lowest BCUT2D eigenvalue weighted by atomic mass is 10.2. The molecule has 0 spiro atoms. The molecule has 0 radical (unpaired) electrons. The molecule has 2 aromatic carbocycles. The van der Waals surface area contributed by atoms with Gasteiger partial charge in [0, 0.05) is 41.5 Å². The van der Waals surface area contributed by atoms with Gasteiger partial charge in [-0.2, -0.15) is 0 Å². The third kappa shape index (κ3) is 4.99. The Morgan fingerprint density at radius 3 is 2.55 bits per heavy atom. The normalized spacial score (nSPS) is 10.9. The van der Waals surface area contributed by atoms with Gasteiger partial charge >= 0.3 is 0 Å². The molecule has 7 nitrogen and oxygen atoms in total. The molecule has 154 valence electrons. The van der Waals surface area contributed by atoms with Crippen molar-refractivity contribution in [3.63, 3.8) is 0 Å². The molecule has 2 aromatic heterocycles. The van der Waals surface area contributed by atoms with E-state index in [1.807, 2.05) is 35.9 Å². The van der Waals surface area contributed by atoms with Crippen LogP contribution < -0.4 is 10.6 Å². The zero-order chi connectivity index (χ0) is 21.6. The van der Waals surface area contributed by atoms with Gasteiger partial charge in [-0.05, 0) is 43.3 Å². The van der Waals surface area contributed by atoms with Crippen LogP contribution in [0.15, 0.2) is 79.4 Å². The molecule has 0 unspecified atom stereocenters. The number of aryl methyl sites for hydroxylation is 1. The van der Waals surface area contributed by atoms with Gasteiger partial charge in [0.2, 0.25) is 5.91 Å². The zero-order valence-corrected chi connectivity index (χ0v) is 16.7. The lowest BCUT2D eigenvalue weighted by molar-refractivity contribution is -0.111. The average Bonchev–Trinajstić information content (AvgIpc) is 3.21. The number of rotatable bonds is 6. The van der Waals surface area contributed by atoms with E-state index in [9.17, 15) is 9.18 Å². The summed E-state index contributed by atoms with van der Waals surface area (Å²) in [5.41, 5.74) is 1.77. The van der Waals surface area contributed by atoms with Crippen molar-refractivity contribution in [2.24, 2.45) is 0 Å². The average molecular weight is 414 g/mol. The summed E-state index contributed by atoms with van der Waals surface area (Å²) < 4.78 is 15.5. The number of amides is 1. The summed E-state index contributed by atoms with van der Waals surface area (Å²) in [5, 5.41) is 5.95. The number of aromatic nitrogens is 4. The Hall–Kier alpha value is -4.33. The first-order chi connectivity index (χ1) is 15.1. The van der Waals surface area contributed by atoms with Crippen molar-refractivity contribution in [2.45, 2.75) is 6.92 Å². The largest absolute Gasteiger partial charge is 0.340 e. The summed E-state index contributed by atoms with van der Waals surface area (Å²) in [6, 6.07) is 15.2. The van der Waals surface area contributed by atoms with Crippen molar-refractivity contribution < 1.29 is 9.18 Å². The maximum atomic E-state index is 13.6. The highest BCUT2D eigenvalue weighted by Crippen LogP contribution is 2.19. The van der Waals surface area contributed by atoms with Crippen LogP contribution in [0.4, 0.5) is 21.6 Å². The third-order valence-electron chi connectivity index (χ3n) is 4.47. The first-order valence-corrected chi connectivity index (χ1v) is 9.51. The second-order valence-corrected chi connectivity index (χ2v) is 6.65. The van der Waals surface area contributed by atoms with Gasteiger partial charge in [-0.1, -0.05) is 18.2 Å². The van der Waals surface area contributed by atoms with E-state index in [0.29, 0.717) is 22.9 Å². The predicted octanol–water partition coefficient (Wildman–Crippen LogP) is 4.51. The Kier molecular flexibility index (Phi) is 5.79. The van der Waals surface area contributed by atoms with E-state index in [1.54, 1.807) is 36.5 Å². The lowest BCUT2D eigenvalue weighted by Gasteiger charge is -2.09. The van der Waals surface area contributed by atoms with Gasteiger partial charge in [0.1, 0.15) is 29.6 Å². The molecule has 4 aromatic rings. The summed E-state index contributed by atoms with van der Waals surface area (Å²) in [6.45, 7) is 1.90. The van der Waals surface area contributed by atoms with Crippen LogP contribution in [0.2, 0.25) is 0 Å². The number of nitrogens with zero attached hydrogens (tertiary/aromatic N) is 4. The van der Waals surface area contributed by atoms with E-state index in [4.69, 9.17) is 0 Å². The van der Waals surface area contributed by atoms with Gasteiger partial charge in [-0.3, -0.25) is 9.36 Å². The fourth-order valence-electron chi connectivity index (χ4n) is 2.91. The molecule has 0 atom stereocenters. The van der Waals surface area contributed by atoms with Crippen LogP contribution >= 0.6 is 0 Å². The van der Waals surface area contributed by atoms with Crippen molar-refractivity contribution in [3.05, 3.63) is 96.6 Å². The van der Waals surface area contributed by atoms with Crippen LogP contribution in [0.25, 0.3) is 11.9 Å². The summed E-state index contributed by atoms with van der Waals surface area (Å²) in [5.74, 6) is 1.44. The molecular formula is C23H19FN6O. The number of hydrogen-bond acceptors (Lipinski definition) is 5. The van der Waals surface area contributed by atoms with Crippen LogP contribution in [0.3, 0.4) is 0 Å². The number of halogens is 1. The first-order valence-electron chi connectivity index (χ1n) is 9.51. The molecule has 0 saturated heterocycles. The molecule has 0 aliphatic carbocycles. The Labute approximate surface area is 178 Å². The first kappa shape index (κ1) is 20.0. The molecule has 31 heavy (non-hydrogen) atoms. The number of carbonyl (C=O) groups excluding carboxylic acids is 1. The molecule has 0 fully saturated rings. The molecule has 1 amide bonds. The van der Waals surface area contributed by atoms with Crippen molar-refractivity contribution >= 4 is 29.2 Å². The Balaban J connectivity index is 1.39. The second-order valence-electron chi connectivity index (χ2n) is 6.65. The smallest absolute Gasteiger partial charge is 0.248 e. The number of anilines is 3.